The molecule has 116 valence electrons. The molecular formula is C15H17BrF3NO. The van der Waals surface area contributed by atoms with E-state index in [-0.39, 0.29) is 18.7 Å². The fraction of sp³-hybridized carbons (Fsp3) is 0.533. The van der Waals surface area contributed by atoms with E-state index >= 15 is 0 Å². The molecule has 0 saturated heterocycles. The van der Waals surface area contributed by atoms with Crippen LogP contribution in [0.25, 0.3) is 0 Å². The molecule has 0 aliphatic heterocycles. The molecular weight excluding hydrogens is 347 g/mol. The highest BCUT2D eigenvalue weighted by Gasteiger charge is 2.43. The molecule has 2 rings (SSSR count). The molecule has 1 aliphatic carbocycles. The largest absolute Gasteiger partial charge is 0.391 e. The summed E-state index contributed by atoms with van der Waals surface area (Å²) >= 11 is 3.35. The van der Waals surface area contributed by atoms with Gasteiger partial charge in [0.2, 0.25) is 5.91 Å². The zero-order valence-electron chi connectivity index (χ0n) is 11.6. The summed E-state index contributed by atoms with van der Waals surface area (Å²) in [6.45, 7) is 1.92. The van der Waals surface area contributed by atoms with Gasteiger partial charge in [-0.1, -0.05) is 12.5 Å². The molecule has 0 radical (unpaired) electrons. The monoisotopic (exact) mass is 363 g/mol. The molecule has 1 aromatic carbocycles. The van der Waals surface area contributed by atoms with E-state index in [1.54, 1.807) is 6.07 Å². The van der Waals surface area contributed by atoms with Crippen molar-refractivity contribution in [1.82, 2.24) is 0 Å². The molecule has 1 aromatic rings. The fourth-order valence-electron chi connectivity index (χ4n) is 2.68. The normalized spacial score (nSPS) is 22.9. The van der Waals surface area contributed by atoms with Gasteiger partial charge in [0.05, 0.1) is 11.6 Å². The van der Waals surface area contributed by atoms with Crippen molar-refractivity contribution in [2.45, 2.75) is 38.8 Å². The van der Waals surface area contributed by atoms with Gasteiger partial charge in [-0.25, -0.2) is 0 Å². The first-order valence-electron chi connectivity index (χ1n) is 6.91. The van der Waals surface area contributed by atoms with Crippen LogP contribution in [0.3, 0.4) is 0 Å². The van der Waals surface area contributed by atoms with Crippen molar-refractivity contribution in [2.75, 3.05) is 5.32 Å². The minimum atomic E-state index is -4.20. The molecule has 0 bridgehead atoms. The van der Waals surface area contributed by atoms with Crippen LogP contribution in [0.5, 0.6) is 0 Å². The number of hydrogen-bond donors (Lipinski definition) is 1. The van der Waals surface area contributed by atoms with E-state index in [1.807, 2.05) is 19.1 Å². The van der Waals surface area contributed by atoms with Gasteiger partial charge in [-0.3, -0.25) is 4.79 Å². The number of carbonyl (C=O) groups excluding carboxylic acids is 1. The summed E-state index contributed by atoms with van der Waals surface area (Å²) < 4.78 is 39.1. The number of carbonyl (C=O) groups is 1. The first-order chi connectivity index (χ1) is 9.77. The van der Waals surface area contributed by atoms with Crippen molar-refractivity contribution in [3.05, 3.63) is 28.2 Å². The molecule has 1 fully saturated rings. The second kappa shape index (κ2) is 6.38. The Bertz CT molecular complexity index is 530. The van der Waals surface area contributed by atoms with Crippen LogP contribution in [0.2, 0.25) is 0 Å². The van der Waals surface area contributed by atoms with Crippen LogP contribution >= 0.6 is 15.9 Å². The minimum Gasteiger partial charge on any atom is -0.325 e. The van der Waals surface area contributed by atoms with Crippen LogP contribution in [-0.4, -0.2) is 12.1 Å². The molecule has 1 amide bonds. The highest BCUT2D eigenvalue weighted by atomic mass is 79.9. The maximum absolute atomic E-state index is 12.8. The van der Waals surface area contributed by atoms with Crippen molar-refractivity contribution in [3.8, 4) is 0 Å². The maximum Gasteiger partial charge on any atom is 0.391 e. The van der Waals surface area contributed by atoms with Crippen molar-refractivity contribution in [3.63, 3.8) is 0 Å². The van der Waals surface area contributed by atoms with Crippen LogP contribution in [0.1, 0.15) is 31.2 Å². The summed E-state index contributed by atoms with van der Waals surface area (Å²) in [6, 6.07) is 5.45. The summed E-state index contributed by atoms with van der Waals surface area (Å²) in [5, 5.41) is 2.73. The molecule has 21 heavy (non-hydrogen) atoms. The van der Waals surface area contributed by atoms with E-state index < -0.39 is 18.0 Å². The highest BCUT2D eigenvalue weighted by molar-refractivity contribution is 9.10. The van der Waals surface area contributed by atoms with E-state index in [9.17, 15) is 18.0 Å². The Balaban J connectivity index is 2.03. The molecule has 2 atom stereocenters. The Hall–Kier alpha value is -1.04. The maximum atomic E-state index is 12.8. The van der Waals surface area contributed by atoms with Gasteiger partial charge < -0.3 is 5.32 Å². The average molecular weight is 364 g/mol. The predicted molar refractivity (Wildman–Crippen MR) is 79.0 cm³/mol. The Labute approximate surface area is 130 Å². The zero-order valence-corrected chi connectivity index (χ0v) is 13.2. The van der Waals surface area contributed by atoms with Crippen molar-refractivity contribution < 1.29 is 18.0 Å². The van der Waals surface area contributed by atoms with Gasteiger partial charge in [0, 0.05) is 10.4 Å². The quantitative estimate of drug-likeness (QED) is 0.781. The zero-order chi connectivity index (χ0) is 15.6. The lowest BCUT2D eigenvalue weighted by atomic mass is 9.80. The summed E-state index contributed by atoms with van der Waals surface area (Å²) in [5.41, 5.74) is 1.63. The predicted octanol–water partition coefficient (Wildman–Crippen LogP) is 5.06. The molecule has 1 saturated carbocycles. The third kappa shape index (κ3) is 4.22. The number of rotatable bonds is 2. The van der Waals surface area contributed by atoms with Crippen LogP contribution in [-0.2, 0) is 4.79 Å². The Morgan fingerprint density at radius 1 is 1.33 bits per heavy atom. The lowest BCUT2D eigenvalue weighted by Crippen LogP contribution is -2.34. The highest BCUT2D eigenvalue weighted by Crippen LogP contribution is 2.40. The van der Waals surface area contributed by atoms with Crippen molar-refractivity contribution in [1.29, 1.82) is 0 Å². The van der Waals surface area contributed by atoms with E-state index in [2.05, 4.69) is 21.2 Å². The third-order valence-electron chi connectivity index (χ3n) is 3.89. The summed E-state index contributed by atoms with van der Waals surface area (Å²) in [6.07, 6.45) is -3.23. The summed E-state index contributed by atoms with van der Waals surface area (Å²) in [5.74, 6) is -2.25. The SMILES string of the molecule is Cc1ccc(NC(=O)C2CCCC(C(F)(F)F)C2)c(Br)c1. The van der Waals surface area contributed by atoms with Crippen LogP contribution in [0.15, 0.2) is 22.7 Å². The number of amides is 1. The Morgan fingerprint density at radius 2 is 2.05 bits per heavy atom. The molecule has 2 unspecified atom stereocenters. The second-order valence-corrected chi connectivity index (χ2v) is 6.43. The van der Waals surface area contributed by atoms with Gasteiger partial charge in [0.15, 0.2) is 0 Å². The third-order valence-corrected chi connectivity index (χ3v) is 4.55. The molecule has 0 heterocycles. The lowest BCUT2D eigenvalue weighted by Gasteiger charge is -2.29. The number of anilines is 1. The molecule has 1 aliphatic rings. The Morgan fingerprint density at radius 3 is 2.67 bits per heavy atom. The summed E-state index contributed by atoms with van der Waals surface area (Å²) in [4.78, 5) is 12.2. The average Bonchev–Trinajstić information content (AvgIpc) is 2.41. The molecule has 0 spiro atoms. The number of benzene rings is 1. The van der Waals surface area contributed by atoms with E-state index in [0.29, 0.717) is 18.5 Å². The molecule has 6 heteroatoms. The van der Waals surface area contributed by atoms with Crippen LogP contribution < -0.4 is 5.32 Å². The number of hydrogen-bond acceptors (Lipinski definition) is 1. The van der Waals surface area contributed by atoms with Gasteiger partial charge >= 0.3 is 6.18 Å². The van der Waals surface area contributed by atoms with Gasteiger partial charge in [0.25, 0.3) is 0 Å². The molecule has 1 N–H and O–H groups in total. The summed E-state index contributed by atoms with van der Waals surface area (Å²) in [7, 11) is 0. The van der Waals surface area contributed by atoms with Gasteiger partial charge in [0.1, 0.15) is 0 Å². The first-order valence-corrected chi connectivity index (χ1v) is 7.70. The van der Waals surface area contributed by atoms with E-state index in [0.717, 1.165) is 10.0 Å². The number of aryl methyl sites for hydroxylation is 1. The number of nitrogens with one attached hydrogen (secondary N) is 1. The van der Waals surface area contributed by atoms with Gasteiger partial charge in [-0.05, 0) is 59.8 Å². The molecule has 0 aromatic heterocycles. The van der Waals surface area contributed by atoms with Gasteiger partial charge in [-0.15, -0.1) is 0 Å². The first kappa shape index (κ1) is 16.3. The fourth-order valence-corrected chi connectivity index (χ4v) is 3.27. The number of halogens is 4. The van der Waals surface area contributed by atoms with Crippen LogP contribution in [0.4, 0.5) is 18.9 Å². The van der Waals surface area contributed by atoms with E-state index in [4.69, 9.17) is 0 Å². The van der Waals surface area contributed by atoms with Crippen molar-refractivity contribution in [2.24, 2.45) is 11.8 Å². The topological polar surface area (TPSA) is 29.1 Å². The smallest absolute Gasteiger partial charge is 0.325 e. The minimum absolute atomic E-state index is 0.112. The van der Waals surface area contributed by atoms with Gasteiger partial charge in [-0.2, -0.15) is 13.2 Å². The lowest BCUT2D eigenvalue weighted by molar-refractivity contribution is -0.185. The van der Waals surface area contributed by atoms with Crippen molar-refractivity contribution >= 4 is 27.5 Å². The molecule has 2 nitrogen and oxygen atoms in total. The van der Waals surface area contributed by atoms with E-state index in [1.165, 1.54) is 0 Å². The number of alkyl halides is 3. The van der Waals surface area contributed by atoms with Crippen LogP contribution in [0, 0.1) is 18.8 Å². The second-order valence-electron chi connectivity index (χ2n) is 5.57. The Kier molecular flexibility index (Phi) is 4.96. The standard InChI is InChI=1S/C15H17BrF3NO/c1-9-5-6-13(12(16)7-9)20-14(21)10-3-2-4-11(8-10)15(17,18)19/h5-7,10-11H,2-4,8H2,1H3,(H,20,21).